The summed E-state index contributed by atoms with van der Waals surface area (Å²) in [5.41, 5.74) is 1.86. The molecule has 0 bridgehead atoms. The predicted octanol–water partition coefficient (Wildman–Crippen LogP) is 2.63. The fourth-order valence-electron chi connectivity index (χ4n) is 3.63. The van der Waals surface area contributed by atoms with E-state index in [4.69, 9.17) is 9.90 Å². The number of carboxylic acid groups (broad SMARTS) is 1. The van der Waals surface area contributed by atoms with Crippen LogP contribution >= 0.6 is 0 Å². The lowest BCUT2D eigenvalue weighted by Gasteiger charge is -2.21. The highest BCUT2D eigenvalue weighted by atomic mass is 19.4. The molecule has 1 aromatic heterocycles. The van der Waals surface area contributed by atoms with Gasteiger partial charge < -0.3 is 14.9 Å². The van der Waals surface area contributed by atoms with E-state index in [2.05, 4.69) is 14.9 Å². The first-order chi connectivity index (χ1) is 14.1. The van der Waals surface area contributed by atoms with Crippen molar-refractivity contribution in [3.8, 4) is 0 Å². The molecule has 30 heavy (non-hydrogen) atoms. The fraction of sp³-hybridized carbons (Fsp3) is 0.400. The van der Waals surface area contributed by atoms with Gasteiger partial charge in [-0.2, -0.15) is 13.2 Å². The first-order valence-corrected chi connectivity index (χ1v) is 9.33. The number of carbonyl (C=O) groups is 2. The highest BCUT2D eigenvalue weighted by Gasteiger charge is 2.42. The molecule has 2 aliphatic rings. The number of aromatic nitrogens is 2. The van der Waals surface area contributed by atoms with Crippen LogP contribution in [0, 0.1) is 18.8 Å². The molecule has 3 heterocycles. The maximum absolute atomic E-state index is 12.6. The lowest BCUT2D eigenvalue weighted by atomic mass is 10.0. The average molecular weight is 422 g/mol. The lowest BCUT2D eigenvalue weighted by Crippen LogP contribution is -2.33. The van der Waals surface area contributed by atoms with Gasteiger partial charge in [0.15, 0.2) is 0 Å². The lowest BCUT2D eigenvalue weighted by molar-refractivity contribution is -0.192. The van der Waals surface area contributed by atoms with Gasteiger partial charge in [-0.3, -0.25) is 4.79 Å². The summed E-state index contributed by atoms with van der Waals surface area (Å²) in [7, 11) is 0. The second-order valence-electron chi connectivity index (χ2n) is 7.36. The van der Waals surface area contributed by atoms with Crippen molar-refractivity contribution >= 4 is 17.8 Å². The molecule has 1 aromatic carbocycles. The zero-order valence-electron chi connectivity index (χ0n) is 16.2. The number of hydrogen-bond donors (Lipinski definition) is 1. The van der Waals surface area contributed by atoms with Crippen molar-refractivity contribution in [2.45, 2.75) is 13.1 Å². The van der Waals surface area contributed by atoms with Gasteiger partial charge in [-0.25, -0.2) is 14.8 Å². The summed E-state index contributed by atoms with van der Waals surface area (Å²) in [6, 6.07) is 9.56. The molecule has 2 fully saturated rings. The second kappa shape index (κ2) is 8.68. The van der Waals surface area contributed by atoms with Gasteiger partial charge in [0.1, 0.15) is 0 Å². The van der Waals surface area contributed by atoms with Crippen LogP contribution in [-0.2, 0) is 4.79 Å². The Morgan fingerprint density at radius 1 is 1.00 bits per heavy atom. The maximum atomic E-state index is 12.6. The number of carbonyl (C=O) groups excluding carboxylic acids is 1. The van der Waals surface area contributed by atoms with Gasteiger partial charge in [-0.1, -0.05) is 18.2 Å². The largest absolute Gasteiger partial charge is 0.490 e. The van der Waals surface area contributed by atoms with Crippen molar-refractivity contribution in [3.63, 3.8) is 0 Å². The molecule has 0 radical (unpaired) electrons. The van der Waals surface area contributed by atoms with Crippen molar-refractivity contribution in [3.05, 3.63) is 53.9 Å². The van der Waals surface area contributed by atoms with Gasteiger partial charge in [0, 0.05) is 56.0 Å². The summed E-state index contributed by atoms with van der Waals surface area (Å²) in [5.74, 6) is -0.753. The Bertz CT molecular complexity index is 876. The molecule has 1 amide bonds. The number of carboxylic acids is 1. The molecule has 0 unspecified atom stereocenters. The highest BCUT2D eigenvalue weighted by Crippen LogP contribution is 2.33. The predicted molar refractivity (Wildman–Crippen MR) is 102 cm³/mol. The Morgan fingerprint density at radius 3 is 1.97 bits per heavy atom. The van der Waals surface area contributed by atoms with Crippen molar-refractivity contribution < 1.29 is 27.9 Å². The van der Waals surface area contributed by atoms with E-state index in [0.717, 1.165) is 43.3 Å². The van der Waals surface area contributed by atoms with E-state index >= 15 is 0 Å². The van der Waals surface area contributed by atoms with Crippen LogP contribution in [-0.4, -0.2) is 64.2 Å². The van der Waals surface area contributed by atoms with Gasteiger partial charge in [0.05, 0.1) is 0 Å². The molecule has 1 N–H and O–H groups in total. The summed E-state index contributed by atoms with van der Waals surface area (Å²) in [5, 5.41) is 7.12. The normalized spacial score (nSPS) is 20.4. The number of hydrogen-bond acceptors (Lipinski definition) is 5. The smallest absolute Gasteiger partial charge is 0.475 e. The van der Waals surface area contributed by atoms with Gasteiger partial charge >= 0.3 is 12.1 Å². The topological polar surface area (TPSA) is 86.6 Å². The number of rotatable bonds is 2. The van der Waals surface area contributed by atoms with Crippen molar-refractivity contribution in [1.29, 1.82) is 0 Å². The number of aryl methyl sites for hydroxylation is 1. The highest BCUT2D eigenvalue weighted by molar-refractivity contribution is 5.94. The van der Waals surface area contributed by atoms with Crippen LogP contribution in [0.4, 0.5) is 19.1 Å². The van der Waals surface area contributed by atoms with Crippen molar-refractivity contribution in [2.75, 3.05) is 31.1 Å². The van der Waals surface area contributed by atoms with Crippen LogP contribution in [0.15, 0.2) is 42.7 Å². The molecule has 2 aromatic rings. The minimum absolute atomic E-state index is 0.151. The van der Waals surface area contributed by atoms with Crippen LogP contribution in [0.1, 0.15) is 15.9 Å². The first kappa shape index (κ1) is 21.5. The van der Waals surface area contributed by atoms with E-state index in [1.807, 2.05) is 54.5 Å². The molecule has 2 aliphatic heterocycles. The zero-order chi connectivity index (χ0) is 21.9. The van der Waals surface area contributed by atoms with E-state index < -0.39 is 12.1 Å². The number of halogens is 3. The molecular weight excluding hydrogens is 401 g/mol. The third-order valence-corrected chi connectivity index (χ3v) is 5.09. The summed E-state index contributed by atoms with van der Waals surface area (Å²) in [6.07, 6.45) is -1.36. The average Bonchev–Trinajstić information content (AvgIpc) is 3.28. The molecule has 4 rings (SSSR count). The van der Waals surface area contributed by atoms with E-state index in [-0.39, 0.29) is 5.91 Å². The van der Waals surface area contributed by atoms with E-state index in [0.29, 0.717) is 11.8 Å². The maximum Gasteiger partial charge on any atom is 0.490 e. The molecule has 0 aliphatic carbocycles. The van der Waals surface area contributed by atoms with E-state index in [1.165, 1.54) is 0 Å². The molecule has 10 heteroatoms. The van der Waals surface area contributed by atoms with Gasteiger partial charge in [-0.05, 0) is 24.6 Å². The minimum Gasteiger partial charge on any atom is -0.475 e. The summed E-state index contributed by atoms with van der Waals surface area (Å²) in [6.45, 7) is 5.54. The first-order valence-electron chi connectivity index (χ1n) is 9.33. The molecule has 7 nitrogen and oxygen atoms in total. The summed E-state index contributed by atoms with van der Waals surface area (Å²) < 4.78 is 31.7. The third kappa shape index (κ3) is 5.05. The number of benzene rings is 1. The Labute approximate surface area is 171 Å². The summed E-state index contributed by atoms with van der Waals surface area (Å²) in [4.78, 5) is 34.5. The van der Waals surface area contributed by atoms with Crippen molar-refractivity contribution in [1.82, 2.24) is 14.9 Å². The number of nitrogens with zero attached hydrogens (tertiary/aromatic N) is 4. The Kier molecular flexibility index (Phi) is 6.23. The SMILES string of the molecule is Cc1cnc(N2C[C@H]3CN(C(=O)c4ccccc4)C[C@H]3C2)nc1.O=C(O)C(F)(F)F. The number of aliphatic carboxylic acids is 1. The van der Waals surface area contributed by atoms with Crippen LogP contribution in [0.25, 0.3) is 0 Å². The molecule has 2 saturated heterocycles. The van der Waals surface area contributed by atoms with Crippen LogP contribution < -0.4 is 4.90 Å². The number of anilines is 1. The van der Waals surface area contributed by atoms with Gasteiger partial charge in [0.2, 0.25) is 5.95 Å². The second-order valence-corrected chi connectivity index (χ2v) is 7.36. The zero-order valence-corrected chi connectivity index (χ0v) is 16.2. The van der Waals surface area contributed by atoms with Gasteiger partial charge in [0.25, 0.3) is 5.91 Å². The molecular formula is C20H21F3N4O3. The Hall–Kier alpha value is -3.17. The number of fused-ring (bicyclic) bond motifs is 1. The van der Waals surface area contributed by atoms with E-state index in [9.17, 15) is 18.0 Å². The Morgan fingerprint density at radius 2 is 1.50 bits per heavy atom. The monoisotopic (exact) mass is 422 g/mol. The number of amides is 1. The standard InChI is InChI=1S/C18H20N4O.C2HF3O2/c1-13-7-19-18(20-8-13)22-11-15-9-21(10-16(15)12-22)17(23)14-5-3-2-4-6-14;3-2(4,5)1(6)7/h2-8,15-16H,9-12H2,1H3;(H,6,7)/t15-,16+;. The van der Waals surface area contributed by atoms with Crippen LogP contribution in [0.5, 0.6) is 0 Å². The quantitative estimate of drug-likeness (QED) is 0.801. The third-order valence-electron chi connectivity index (χ3n) is 5.09. The van der Waals surface area contributed by atoms with Gasteiger partial charge in [-0.15, -0.1) is 0 Å². The molecule has 0 saturated carbocycles. The molecule has 2 atom stereocenters. The molecule has 0 spiro atoms. The molecule has 160 valence electrons. The Balaban J connectivity index is 0.000000318. The summed E-state index contributed by atoms with van der Waals surface area (Å²) >= 11 is 0. The minimum atomic E-state index is -5.08. The van der Waals surface area contributed by atoms with E-state index in [1.54, 1.807) is 0 Å². The fourth-order valence-corrected chi connectivity index (χ4v) is 3.63. The van der Waals surface area contributed by atoms with Crippen LogP contribution in [0.3, 0.4) is 0 Å². The van der Waals surface area contributed by atoms with Crippen molar-refractivity contribution in [2.24, 2.45) is 11.8 Å². The van der Waals surface area contributed by atoms with Crippen LogP contribution in [0.2, 0.25) is 0 Å². The number of alkyl halides is 3. The number of likely N-dealkylation sites (tertiary alicyclic amines) is 1.